The van der Waals surface area contributed by atoms with Gasteiger partial charge in [-0.1, -0.05) is 17.7 Å². The topological polar surface area (TPSA) is 88.3 Å². The van der Waals surface area contributed by atoms with E-state index in [4.69, 9.17) is 4.74 Å². The van der Waals surface area contributed by atoms with Crippen molar-refractivity contribution >= 4 is 23.3 Å². The van der Waals surface area contributed by atoms with Crippen LogP contribution in [0.4, 0.5) is 5.69 Å². The van der Waals surface area contributed by atoms with E-state index >= 15 is 0 Å². The largest absolute Gasteiger partial charge is 0.451 e. The van der Waals surface area contributed by atoms with Gasteiger partial charge in [0.1, 0.15) is 5.69 Å². The molecular formula is C20H24N2O4. The molecule has 1 amide bonds. The first-order valence-corrected chi connectivity index (χ1v) is 8.36. The lowest BCUT2D eigenvalue weighted by molar-refractivity contribution is -0.119. The van der Waals surface area contributed by atoms with Crippen LogP contribution in [0.2, 0.25) is 0 Å². The summed E-state index contributed by atoms with van der Waals surface area (Å²) in [6.07, 6.45) is 0. The highest BCUT2D eigenvalue weighted by atomic mass is 16.5. The molecule has 6 nitrogen and oxygen atoms in total. The molecule has 0 unspecified atom stereocenters. The maximum absolute atomic E-state index is 12.2. The fourth-order valence-corrected chi connectivity index (χ4v) is 3.24. The fourth-order valence-electron chi connectivity index (χ4n) is 3.24. The summed E-state index contributed by atoms with van der Waals surface area (Å²) in [7, 11) is 0. The van der Waals surface area contributed by atoms with Gasteiger partial charge in [-0.2, -0.15) is 0 Å². The Morgan fingerprint density at radius 2 is 1.62 bits per heavy atom. The van der Waals surface area contributed by atoms with Crippen molar-refractivity contribution in [2.75, 3.05) is 11.9 Å². The lowest BCUT2D eigenvalue weighted by Crippen LogP contribution is -2.22. The van der Waals surface area contributed by atoms with Crippen molar-refractivity contribution in [1.82, 2.24) is 4.98 Å². The number of ketones is 1. The van der Waals surface area contributed by atoms with Gasteiger partial charge in [0.15, 0.2) is 12.4 Å². The third kappa shape index (κ3) is 4.02. The zero-order chi connectivity index (χ0) is 19.6. The normalized spacial score (nSPS) is 10.5. The lowest BCUT2D eigenvalue weighted by atomic mass is 10.1. The Labute approximate surface area is 152 Å². The minimum Gasteiger partial charge on any atom is -0.451 e. The molecule has 0 atom stereocenters. The number of aromatic amines is 1. The Morgan fingerprint density at radius 3 is 2.12 bits per heavy atom. The number of benzene rings is 1. The fraction of sp³-hybridized carbons (Fsp3) is 0.350. The van der Waals surface area contributed by atoms with Gasteiger partial charge in [0.2, 0.25) is 0 Å². The molecule has 0 aliphatic heterocycles. The quantitative estimate of drug-likeness (QED) is 0.633. The van der Waals surface area contributed by atoms with Crippen LogP contribution >= 0.6 is 0 Å². The van der Waals surface area contributed by atoms with Crippen LogP contribution in [0.1, 0.15) is 55.7 Å². The SMILES string of the molecule is CC(=O)c1c(C)[nH]c(C(=O)OCC(=O)Nc2c(C)cc(C)cc2C)c1C. The predicted octanol–water partition coefficient (Wildman–Crippen LogP) is 3.55. The van der Waals surface area contributed by atoms with E-state index in [1.807, 2.05) is 32.9 Å². The molecule has 26 heavy (non-hydrogen) atoms. The molecule has 0 bridgehead atoms. The molecule has 138 valence electrons. The number of carbonyl (C=O) groups excluding carboxylic acids is 3. The number of esters is 1. The second-order valence-electron chi connectivity index (χ2n) is 6.58. The standard InChI is InChI=1S/C20H24N2O4/c1-10-7-11(2)18(12(3)8-10)22-16(24)9-26-20(25)19-13(4)17(15(6)23)14(5)21-19/h7-8,21H,9H2,1-6H3,(H,22,24). The van der Waals surface area contributed by atoms with E-state index in [1.165, 1.54) is 6.92 Å². The van der Waals surface area contributed by atoms with E-state index in [2.05, 4.69) is 10.3 Å². The van der Waals surface area contributed by atoms with Gasteiger partial charge >= 0.3 is 5.97 Å². The lowest BCUT2D eigenvalue weighted by Gasteiger charge is -2.13. The third-order valence-electron chi connectivity index (χ3n) is 4.27. The molecular weight excluding hydrogens is 332 g/mol. The Hall–Kier alpha value is -2.89. The average molecular weight is 356 g/mol. The van der Waals surface area contributed by atoms with E-state index in [-0.39, 0.29) is 11.5 Å². The molecule has 0 saturated heterocycles. The Morgan fingerprint density at radius 1 is 1.04 bits per heavy atom. The van der Waals surface area contributed by atoms with Crippen LogP contribution < -0.4 is 5.32 Å². The second kappa shape index (κ2) is 7.56. The molecule has 0 aliphatic carbocycles. The number of Topliss-reactive ketones (excluding diaryl/α,β-unsaturated/α-hetero) is 1. The first-order valence-electron chi connectivity index (χ1n) is 8.36. The van der Waals surface area contributed by atoms with Crippen LogP contribution in [0.15, 0.2) is 12.1 Å². The number of hydrogen-bond donors (Lipinski definition) is 2. The number of anilines is 1. The van der Waals surface area contributed by atoms with Crippen molar-refractivity contribution in [2.45, 2.75) is 41.5 Å². The predicted molar refractivity (Wildman–Crippen MR) is 99.8 cm³/mol. The number of aryl methyl sites for hydroxylation is 4. The molecule has 6 heteroatoms. The minimum atomic E-state index is -0.661. The molecule has 1 aromatic heterocycles. The summed E-state index contributed by atoms with van der Waals surface area (Å²) >= 11 is 0. The van der Waals surface area contributed by atoms with Gasteiger partial charge in [-0.3, -0.25) is 9.59 Å². The van der Waals surface area contributed by atoms with Crippen molar-refractivity contribution < 1.29 is 19.1 Å². The number of aromatic nitrogens is 1. The highest BCUT2D eigenvalue weighted by molar-refractivity contribution is 6.02. The van der Waals surface area contributed by atoms with Gasteiger partial charge in [0.05, 0.1) is 0 Å². The van der Waals surface area contributed by atoms with Gasteiger partial charge in [-0.25, -0.2) is 4.79 Å². The van der Waals surface area contributed by atoms with Gasteiger partial charge < -0.3 is 15.0 Å². The van der Waals surface area contributed by atoms with Gasteiger partial charge in [-0.15, -0.1) is 0 Å². The number of nitrogens with one attached hydrogen (secondary N) is 2. The van der Waals surface area contributed by atoms with Crippen LogP contribution in [-0.4, -0.2) is 29.3 Å². The van der Waals surface area contributed by atoms with E-state index in [0.717, 1.165) is 22.4 Å². The Bertz CT molecular complexity index is 870. The maximum atomic E-state index is 12.2. The minimum absolute atomic E-state index is 0.127. The summed E-state index contributed by atoms with van der Waals surface area (Å²) in [4.78, 5) is 38.9. The molecule has 2 aromatic rings. The Kier molecular flexibility index (Phi) is 5.65. The molecule has 2 N–H and O–H groups in total. The number of hydrogen-bond acceptors (Lipinski definition) is 4. The number of ether oxygens (including phenoxy) is 1. The third-order valence-corrected chi connectivity index (χ3v) is 4.27. The summed E-state index contributed by atoms with van der Waals surface area (Å²) in [5, 5.41) is 2.78. The van der Waals surface area contributed by atoms with E-state index in [1.54, 1.807) is 13.8 Å². The zero-order valence-electron chi connectivity index (χ0n) is 16.0. The zero-order valence-corrected chi connectivity index (χ0v) is 16.0. The van der Waals surface area contributed by atoms with Crippen LogP contribution in [0, 0.1) is 34.6 Å². The molecule has 0 radical (unpaired) electrons. The smallest absolute Gasteiger partial charge is 0.355 e. The van der Waals surface area contributed by atoms with Gasteiger partial charge in [-0.05, 0) is 58.2 Å². The van der Waals surface area contributed by atoms with Crippen molar-refractivity contribution in [3.8, 4) is 0 Å². The summed E-state index contributed by atoms with van der Waals surface area (Å²) in [5.41, 5.74) is 5.55. The number of amides is 1. The van der Waals surface area contributed by atoms with Gasteiger partial charge in [0, 0.05) is 16.9 Å². The summed E-state index contributed by atoms with van der Waals surface area (Å²) < 4.78 is 5.10. The number of H-pyrrole nitrogens is 1. The summed E-state index contributed by atoms with van der Waals surface area (Å²) in [6, 6.07) is 3.95. The van der Waals surface area contributed by atoms with Gasteiger partial charge in [0.25, 0.3) is 5.91 Å². The first kappa shape index (κ1) is 19.4. The number of rotatable bonds is 5. The molecule has 0 aliphatic rings. The van der Waals surface area contributed by atoms with E-state index in [0.29, 0.717) is 16.8 Å². The molecule has 1 heterocycles. The molecule has 1 aromatic carbocycles. The van der Waals surface area contributed by atoms with Crippen LogP contribution in [0.3, 0.4) is 0 Å². The van der Waals surface area contributed by atoms with Crippen molar-refractivity contribution in [3.05, 3.63) is 51.3 Å². The van der Waals surface area contributed by atoms with E-state index < -0.39 is 18.5 Å². The van der Waals surface area contributed by atoms with Crippen LogP contribution in [-0.2, 0) is 9.53 Å². The average Bonchev–Trinajstić information content (AvgIpc) is 2.83. The summed E-state index contributed by atoms with van der Waals surface area (Å²) in [5.74, 6) is -1.20. The number of carbonyl (C=O) groups is 3. The summed E-state index contributed by atoms with van der Waals surface area (Å²) in [6.45, 7) is 10.2. The highest BCUT2D eigenvalue weighted by Crippen LogP contribution is 2.22. The molecule has 0 saturated carbocycles. The van der Waals surface area contributed by atoms with Crippen molar-refractivity contribution in [3.63, 3.8) is 0 Å². The first-order chi connectivity index (χ1) is 12.1. The Balaban J connectivity index is 2.05. The molecule has 0 spiro atoms. The van der Waals surface area contributed by atoms with Crippen LogP contribution in [0.5, 0.6) is 0 Å². The molecule has 0 fully saturated rings. The highest BCUT2D eigenvalue weighted by Gasteiger charge is 2.21. The maximum Gasteiger partial charge on any atom is 0.355 e. The van der Waals surface area contributed by atoms with Crippen molar-refractivity contribution in [2.24, 2.45) is 0 Å². The van der Waals surface area contributed by atoms with Crippen LogP contribution in [0.25, 0.3) is 0 Å². The van der Waals surface area contributed by atoms with E-state index in [9.17, 15) is 14.4 Å². The van der Waals surface area contributed by atoms with Crippen molar-refractivity contribution in [1.29, 1.82) is 0 Å². The second-order valence-corrected chi connectivity index (χ2v) is 6.58. The molecule has 2 rings (SSSR count). The monoisotopic (exact) mass is 356 g/mol.